The third kappa shape index (κ3) is 3.25. The summed E-state index contributed by atoms with van der Waals surface area (Å²) >= 11 is 0. The topological polar surface area (TPSA) is 86.3 Å². The molecule has 0 aliphatic heterocycles. The SMILES string of the molecule is CCCOc1cccc(C(=O)n2cc(C(=O)NN)c3ccccc32)c1. The molecule has 0 saturated heterocycles. The maximum atomic E-state index is 13.0. The van der Waals surface area contributed by atoms with Crippen molar-refractivity contribution in [3.05, 3.63) is 65.9 Å². The van der Waals surface area contributed by atoms with Crippen LogP contribution in [-0.2, 0) is 0 Å². The number of nitrogen functional groups attached to an aromatic ring is 1. The molecule has 6 heteroatoms. The number of benzene rings is 2. The third-order valence-electron chi connectivity index (χ3n) is 3.86. The molecule has 0 spiro atoms. The Morgan fingerprint density at radius 1 is 1.16 bits per heavy atom. The van der Waals surface area contributed by atoms with Crippen LogP contribution >= 0.6 is 0 Å². The molecule has 2 aromatic carbocycles. The van der Waals surface area contributed by atoms with E-state index in [0.29, 0.717) is 34.4 Å². The molecule has 1 aromatic heterocycles. The molecule has 25 heavy (non-hydrogen) atoms. The highest BCUT2D eigenvalue weighted by Gasteiger charge is 2.18. The molecule has 1 amide bonds. The molecular formula is C19H19N3O3. The summed E-state index contributed by atoms with van der Waals surface area (Å²) in [6.07, 6.45) is 2.40. The Labute approximate surface area is 145 Å². The highest BCUT2D eigenvalue weighted by Crippen LogP contribution is 2.23. The second kappa shape index (κ2) is 7.19. The van der Waals surface area contributed by atoms with Gasteiger partial charge in [0.2, 0.25) is 0 Å². The number of aromatic nitrogens is 1. The Hall–Kier alpha value is -3.12. The largest absolute Gasteiger partial charge is 0.494 e. The van der Waals surface area contributed by atoms with Crippen molar-refractivity contribution in [2.24, 2.45) is 5.84 Å². The van der Waals surface area contributed by atoms with E-state index in [0.717, 1.165) is 6.42 Å². The predicted molar refractivity (Wildman–Crippen MR) is 95.5 cm³/mol. The minimum atomic E-state index is -0.442. The van der Waals surface area contributed by atoms with Crippen LogP contribution in [0, 0.1) is 0 Å². The summed E-state index contributed by atoms with van der Waals surface area (Å²) in [5.74, 6) is 5.21. The Morgan fingerprint density at radius 2 is 1.96 bits per heavy atom. The molecular weight excluding hydrogens is 318 g/mol. The molecule has 1 heterocycles. The number of amides is 1. The van der Waals surface area contributed by atoms with Gasteiger partial charge in [0.05, 0.1) is 17.7 Å². The van der Waals surface area contributed by atoms with E-state index in [1.807, 2.05) is 25.1 Å². The normalized spacial score (nSPS) is 10.6. The average Bonchev–Trinajstić information content (AvgIpc) is 3.05. The summed E-state index contributed by atoms with van der Waals surface area (Å²) in [6.45, 7) is 2.61. The van der Waals surface area contributed by atoms with E-state index in [1.54, 1.807) is 30.3 Å². The summed E-state index contributed by atoms with van der Waals surface area (Å²) in [7, 11) is 0. The molecule has 0 radical (unpaired) electrons. The van der Waals surface area contributed by atoms with Crippen molar-refractivity contribution >= 4 is 22.7 Å². The molecule has 3 rings (SSSR count). The average molecular weight is 337 g/mol. The van der Waals surface area contributed by atoms with Crippen molar-refractivity contribution in [3.8, 4) is 5.75 Å². The van der Waals surface area contributed by atoms with E-state index in [2.05, 4.69) is 5.43 Å². The number of rotatable bonds is 5. The van der Waals surface area contributed by atoms with E-state index in [9.17, 15) is 9.59 Å². The molecule has 0 aliphatic carbocycles. The van der Waals surface area contributed by atoms with Gasteiger partial charge in [0.15, 0.2) is 0 Å². The fourth-order valence-electron chi connectivity index (χ4n) is 2.68. The summed E-state index contributed by atoms with van der Waals surface area (Å²) in [4.78, 5) is 24.9. The van der Waals surface area contributed by atoms with Gasteiger partial charge in [-0.05, 0) is 30.7 Å². The van der Waals surface area contributed by atoms with Crippen LogP contribution in [0.4, 0.5) is 0 Å². The van der Waals surface area contributed by atoms with E-state index in [1.165, 1.54) is 10.8 Å². The number of carbonyl (C=O) groups excluding carboxylic acids is 2. The van der Waals surface area contributed by atoms with Crippen molar-refractivity contribution < 1.29 is 14.3 Å². The molecule has 0 aliphatic rings. The zero-order chi connectivity index (χ0) is 17.8. The lowest BCUT2D eigenvalue weighted by Crippen LogP contribution is -2.29. The van der Waals surface area contributed by atoms with Crippen molar-refractivity contribution in [1.82, 2.24) is 9.99 Å². The first-order chi connectivity index (χ1) is 12.2. The molecule has 0 fully saturated rings. The van der Waals surface area contributed by atoms with Crippen molar-refractivity contribution in [2.45, 2.75) is 13.3 Å². The molecule has 0 saturated carbocycles. The van der Waals surface area contributed by atoms with E-state index >= 15 is 0 Å². The number of carbonyl (C=O) groups is 2. The van der Waals surface area contributed by atoms with Crippen LogP contribution in [0.15, 0.2) is 54.7 Å². The number of hydrogen-bond acceptors (Lipinski definition) is 4. The van der Waals surface area contributed by atoms with Crippen LogP contribution < -0.4 is 16.0 Å². The fraction of sp³-hybridized carbons (Fsp3) is 0.158. The van der Waals surface area contributed by atoms with Gasteiger partial charge in [-0.1, -0.05) is 31.2 Å². The van der Waals surface area contributed by atoms with Gasteiger partial charge in [0, 0.05) is 17.1 Å². The molecule has 0 atom stereocenters. The summed E-state index contributed by atoms with van der Waals surface area (Å²) in [5, 5.41) is 0.664. The first-order valence-corrected chi connectivity index (χ1v) is 8.04. The summed E-state index contributed by atoms with van der Waals surface area (Å²) < 4.78 is 7.05. The molecule has 6 nitrogen and oxygen atoms in total. The molecule has 128 valence electrons. The van der Waals surface area contributed by atoms with Gasteiger partial charge >= 0.3 is 0 Å². The van der Waals surface area contributed by atoms with Crippen molar-refractivity contribution in [1.29, 1.82) is 0 Å². The second-order valence-corrected chi connectivity index (χ2v) is 5.58. The monoisotopic (exact) mass is 337 g/mol. The fourth-order valence-corrected chi connectivity index (χ4v) is 2.68. The maximum Gasteiger partial charge on any atom is 0.267 e. The van der Waals surface area contributed by atoms with Gasteiger partial charge < -0.3 is 4.74 Å². The van der Waals surface area contributed by atoms with Gasteiger partial charge in [-0.15, -0.1) is 0 Å². The van der Waals surface area contributed by atoms with Gasteiger partial charge in [-0.25, -0.2) is 5.84 Å². The Kier molecular flexibility index (Phi) is 4.81. The smallest absolute Gasteiger partial charge is 0.267 e. The number of nitrogens with zero attached hydrogens (tertiary/aromatic N) is 1. The quantitative estimate of drug-likeness (QED) is 0.426. The Bertz CT molecular complexity index is 931. The highest BCUT2D eigenvalue weighted by molar-refractivity contribution is 6.11. The Balaban J connectivity index is 2.04. The number of fused-ring (bicyclic) bond motifs is 1. The maximum absolute atomic E-state index is 13.0. The molecule has 3 N–H and O–H groups in total. The van der Waals surface area contributed by atoms with E-state index < -0.39 is 5.91 Å². The van der Waals surface area contributed by atoms with Crippen LogP contribution in [0.25, 0.3) is 10.9 Å². The summed E-state index contributed by atoms with van der Waals surface area (Å²) in [5.41, 5.74) is 3.59. The van der Waals surface area contributed by atoms with Crippen LogP contribution in [0.3, 0.4) is 0 Å². The lowest BCUT2D eigenvalue weighted by molar-refractivity contribution is 0.0955. The van der Waals surface area contributed by atoms with E-state index in [-0.39, 0.29) is 5.91 Å². The van der Waals surface area contributed by atoms with Crippen molar-refractivity contribution in [3.63, 3.8) is 0 Å². The number of nitrogens with two attached hydrogens (primary N) is 1. The second-order valence-electron chi connectivity index (χ2n) is 5.58. The predicted octanol–water partition coefficient (Wildman–Crippen LogP) is 2.72. The van der Waals surface area contributed by atoms with Gasteiger partial charge in [0.1, 0.15) is 5.75 Å². The zero-order valence-corrected chi connectivity index (χ0v) is 13.9. The first-order valence-electron chi connectivity index (χ1n) is 8.04. The van der Waals surface area contributed by atoms with Crippen LogP contribution in [0.1, 0.15) is 34.1 Å². The standard InChI is InChI=1S/C19H19N3O3/c1-2-10-25-14-7-5-6-13(11-14)19(24)22-12-16(18(23)21-20)15-8-3-4-9-17(15)22/h3-9,11-12H,2,10,20H2,1H3,(H,21,23). The molecule has 3 aromatic rings. The molecule has 0 unspecified atom stereocenters. The number of ether oxygens (including phenoxy) is 1. The minimum absolute atomic E-state index is 0.241. The zero-order valence-electron chi connectivity index (χ0n) is 13.9. The van der Waals surface area contributed by atoms with Crippen LogP contribution in [0.5, 0.6) is 5.75 Å². The van der Waals surface area contributed by atoms with Crippen LogP contribution in [-0.4, -0.2) is 23.0 Å². The number of para-hydroxylation sites is 1. The van der Waals surface area contributed by atoms with Gasteiger partial charge in [0.25, 0.3) is 11.8 Å². The van der Waals surface area contributed by atoms with Crippen molar-refractivity contribution in [2.75, 3.05) is 6.61 Å². The summed E-state index contributed by atoms with van der Waals surface area (Å²) in [6, 6.07) is 14.2. The third-order valence-corrected chi connectivity index (χ3v) is 3.86. The lowest BCUT2D eigenvalue weighted by Gasteiger charge is -2.08. The minimum Gasteiger partial charge on any atom is -0.494 e. The first kappa shape index (κ1) is 16.7. The van der Waals surface area contributed by atoms with E-state index in [4.69, 9.17) is 10.6 Å². The number of hydrogen-bond donors (Lipinski definition) is 2. The lowest BCUT2D eigenvalue weighted by atomic mass is 10.1. The van der Waals surface area contributed by atoms with Gasteiger partial charge in [-0.3, -0.25) is 19.6 Å². The number of hydrazine groups is 1. The van der Waals surface area contributed by atoms with Crippen LogP contribution in [0.2, 0.25) is 0 Å². The highest BCUT2D eigenvalue weighted by atomic mass is 16.5. The van der Waals surface area contributed by atoms with Gasteiger partial charge in [-0.2, -0.15) is 0 Å². The Morgan fingerprint density at radius 3 is 2.72 bits per heavy atom. The number of nitrogens with one attached hydrogen (secondary N) is 1. The molecule has 0 bridgehead atoms.